The van der Waals surface area contributed by atoms with Gasteiger partial charge >= 0.3 is 18.3 Å². The number of ether oxygens (including phenoxy) is 1. The fraction of sp³-hybridized carbons (Fsp3) is 0.393. The first-order valence-corrected chi connectivity index (χ1v) is 13.2. The van der Waals surface area contributed by atoms with Gasteiger partial charge in [-0.2, -0.15) is 13.2 Å². The number of amides is 6. The standard InChI is InChI=1S/C28H29F4N5O6/c1-4-27(12-13-33-22(38)15-34-23(39)18-10-8-16(28(30,31)32)9-11-19(18)29)24(40)36(3)25(41)37(27)17-6-5-7-21-20(14-17)35(2)26(42)43-21/h5-11,14,18,21H,4,12-13,15H2,1-3H3,(H,33,38)(H,34,39). The molecule has 11 nitrogen and oxygen atoms in total. The van der Waals surface area contributed by atoms with Gasteiger partial charge in [0.15, 0.2) is 6.10 Å². The second kappa shape index (κ2) is 11.9. The van der Waals surface area contributed by atoms with Gasteiger partial charge in [0.25, 0.3) is 5.91 Å². The largest absolute Gasteiger partial charge is 0.435 e. The van der Waals surface area contributed by atoms with E-state index in [-0.39, 0.29) is 19.4 Å². The molecule has 230 valence electrons. The van der Waals surface area contributed by atoms with E-state index in [2.05, 4.69) is 10.6 Å². The third-order valence-electron chi connectivity index (χ3n) is 7.56. The monoisotopic (exact) mass is 607 g/mol. The second-order valence-corrected chi connectivity index (χ2v) is 10.1. The SMILES string of the molecule is CCC1(CCNC(=O)CNC(=O)C2C=CC(C(F)(F)F)=CC=C2F)C(=O)N(C)C(=O)N1C1=CC=CC2OC(=O)N(C)C2=C1. The minimum atomic E-state index is -4.73. The summed E-state index contributed by atoms with van der Waals surface area (Å²) in [5.41, 5.74) is -1.74. The van der Waals surface area contributed by atoms with Crippen LogP contribution in [0.25, 0.3) is 0 Å². The molecule has 0 aromatic heterocycles. The highest BCUT2D eigenvalue weighted by Gasteiger charge is 2.56. The number of hydrogen-bond donors (Lipinski definition) is 2. The van der Waals surface area contributed by atoms with Gasteiger partial charge in [-0.15, -0.1) is 0 Å². The van der Waals surface area contributed by atoms with Gasteiger partial charge in [0.2, 0.25) is 11.8 Å². The molecular formula is C28H29F4N5O6. The van der Waals surface area contributed by atoms with Crippen molar-refractivity contribution in [1.82, 2.24) is 25.3 Å². The lowest BCUT2D eigenvalue weighted by Crippen LogP contribution is -2.51. The van der Waals surface area contributed by atoms with Crippen molar-refractivity contribution in [2.24, 2.45) is 5.92 Å². The summed E-state index contributed by atoms with van der Waals surface area (Å²) < 4.78 is 58.3. The van der Waals surface area contributed by atoms with Gasteiger partial charge < -0.3 is 15.4 Å². The third kappa shape index (κ3) is 5.96. The summed E-state index contributed by atoms with van der Waals surface area (Å²) in [6.45, 7) is 0.986. The lowest BCUT2D eigenvalue weighted by Gasteiger charge is -2.35. The third-order valence-corrected chi connectivity index (χ3v) is 7.56. The van der Waals surface area contributed by atoms with Gasteiger partial charge in [-0.25, -0.2) is 14.0 Å². The molecule has 0 spiro atoms. The summed E-state index contributed by atoms with van der Waals surface area (Å²) in [5, 5.41) is 4.73. The number of fused-ring (bicyclic) bond motifs is 1. The molecule has 4 aliphatic rings. The van der Waals surface area contributed by atoms with E-state index in [1.165, 1.54) is 23.9 Å². The number of imide groups is 1. The Morgan fingerprint density at radius 1 is 1.05 bits per heavy atom. The first kappa shape index (κ1) is 31.3. The maximum Gasteiger partial charge on any atom is 0.416 e. The van der Waals surface area contributed by atoms with Crippen LogP contribution >= 0.6 is 0 Å². The number of hydrogen-bond acceptors (Lipinski definition) is 6. The predicted molar refractivity (Wildman–Crippen MR) is 143 cm³/mol. The van der Waals surface area contributed by atoms with Crippen LogP contribution in [0.3, 0.4) is 0 Å². The lowest BCUT2D eigenvalue weighted by molar-refractivity contribution is -0.133. The Balaban J connectivity index is 1.41. The van der Waals surface area contributed by atoms with E-state index in [1.807, 2.05) is 0 Å². The smallest absolute Gasteiger partial charge is 0.416 e. The van der Waals surface area contributed by atoms with E-state index >= 15 is 0 Å². The van der Waals surface area contributed by atoms with Gasteiger partial charge in [0.05, 0.1) is 17.8 Å². The van der Waals surface area contributed by atoms with E-state index in [1.54, 1.807) is 31.2 Å². The Bertz CT molecular complexity index is 1430. The van der Waals surface area contributed by atoms with Crippen LogP contribution in [-0.4, -0.2) is 89.5 Å². The molecule has 2 aliphatic carbocycles. The molecule has 2 aliphatic heterocycles. The summed E-state index contributed by atoms with van der Waals surface area (Å²) >= 11 is 0. The number of urea groups is 1. The Hall–Kier alpha value is -4.69. The van der Waals surface area contributed by atoms with Crippen LogP contribution in [0.2, 0.25) is 0 Å². The molecule has 6 amide bonds. The molecule has 4 rings (SSSR count). The molecular weight excluding hydrogens is 578 g/mol. The van der Waals surface area contributed by atoms with Gasteiger partial charge in [0.1, 0.15) is 17.3 Å². The van der Waals surface area contributed by atoms with E-state index < -0.39 is 71.5 Å². The number of allylic oxidation sites excluding steroid dienone is 7. The molecule has 2 fully saturated rings. The molecule has 0 saturated carbocycles. The fourth-order valence-corrected chi connectivity index (χ4v) is 5.12. The number of carbonyl (C=O) groups excluding carboxylic acids is 5. The molecule has 2 N–H and O–H groups in total. The molecule has 43 heavy (non-hydrogen) atoms. The van der Waals surface area contributed by atoms with Gasteiger partial charge in [-0.05, 0) is 43.2 Å². The minimum absolute atomic E-state index is 0.0222. The maximum atomic E-state index is 14.3. The average Bonchev–Trinajstić information content (AvgIpc) is 3.15. The lowest BCUT2D eigenvalue weighted by atomic mass is 9.89. The van der Waals surface area contributed by atoms with E-state index in [9.17, 15) is 41.5 Å². The predicted octanol–water partition coefficient (Wildman–Crippen LogP) is 2.97. The van der Waals surface area contributed by atoms with Gasteiger partial charge in [-0.1, -0.05) is 25.2 Å². The molecule has 3 atom stereocenters. The summed E-state index contributed by atoms with van der Waals surface area (Å²) in [7, 11) is 2.85. The molecule has 0 radical (unpaired) electrons. The average molecular weight is 608 g/mol. The van der Waals surface area contributed by atoms with Crippen LogP contribution < -0.4 is 10.6 Å². The Morgan fingerprint density at radius 2 is 1.77 bits per heavy atom. The number of halogens is 4. The van der Waals surface area contributed by atoms with E-state index in [0.717, 1.165) is 11.0 Å². The van der Waals surface area contributed by atoms with Gasteiger partial charge in [0, 0.05) is 26.3 Å². The topological polar surface area (TPSA) is 128 Å². The van der Waals surface area contributed by atoms with Crippen molar-refractivity contribution >= 4 is 29.8 Å². The highest BCUT2D eigenvalue weighted by Crippen LogP contribution is 2.39. The van der Waals surface area contributed by atoms with Crippen LogP contribution in [0, 0.1) is 5.92 Å². The first-order chi connectivity index (χ1) is 20.2. The summed E-state index contributed by atoms with van der Waals surface area (Å²) in [4.78, 5) is 67.2. The zero-order valence-electron chi connectivity index (χ0n) is 23.4. The van der Waals surface area contributed by atoms with E-state index in [0.29, 0.717) is 29.6 Å². The number of carbonyl (C=O) groups is 5. The molecule has 3 unspecified atom stereocenters. The molecule has 0 aromatic rings. The maximum absolute atomic E-state index is 14.3. The summed E-state index contributed by atoms with van der Waals surface area (Å²) in [6, 6.07) is -0.608. The Kier molecular flexibility index (Phi) is 8.64. The normalized spacial score (nSPS) is 25.4. The van der Waals surface area contributed by atoms with Crippen molar-refractivity contribution in [1.29, 1.82) is 0 Å². The van der Waals surface area contributed by atoms with Crippen LogP contribution in [0.5, 0.6) is 0 Å². The van der Waals surface area contributed by atoms with Crippen molar-refractivity contribution in [3.8, 4) is 0 Å². The number of nitrogens with one attached hydrogen (secondary N) is 2. The van der Waals surface area contributed by atoms with Crippen molar-refractivity contribution in [3.05, 3.63) is 71.4 Å². The molecule has 0 aromatic carbocycles. The summed E-state index contributed by atoms with van der Waals surface area (Å²) in [6.07, 6.45) is 3.02. The van der Waals surface area contributed by atoms with Crippen molar-refractivity contribution < 1.29 is 46.3 Å². The Morgan fingerprint density at radius 3 is 2.44 bits per heavy atom. The molecule has 15 heteroatoms. The number of nitrogens with zero attached hydrogens (tertiary/aromatic N) is 3. The number of likely N-dealkylation sites (N-methyl/N-ethyl adjacent to an activating group) is 2. The van der Waals surface area contributed by atoms with E-state index in [4.69, 9.17) is 4.74 Å². The fourth-order valence-electron chi connectivity index (χ4n) is 5.12. The van der Waals surface area contributed by atoms with Crippen LogP contribution in [-0.2, 0) is 19.1 Å². The first-order valence-electron chi connectivity index (χ1n) is 13.2. The van der Waals surface area contributed by atoms with Crippen LogP contribution in [0.4, 0.5) is 27.2 Å². The van der Waals surface area contributed by atoms with Crippen molar-refractivity contribution in [2.75, 3.05) is 27.2 Å². The summed E-state index contributed by atoms with van der Waals surface area (Å²) in [5.74, 6) is -5.03. The number of alkyl halides is 3. The van der Waals surface area contributed by atoms with Crippen molar-refractivity contribution in [2.45, 2.75) is 37.6 Å². The van der Waals surface area contributed by atoms with Gasteiger partial charge in [-0.3, -0.25) is 29.1 Å². The van der Waals surface area contributed by atoms with Crippen LogP contribution in [0.1, 0.15) is 19.8 Å². The minimum Gasteiger partial charge on any atom is -0.435 e. The molecule has 2 saturated heterocycles. The van der Waals surface area contributed by atoms with Crippen LogP contribution in [0.15, 0.2) is 71.4 Å². The van der Waals surface area contributed by atoms with Crippen molar-refractivity contribution in [3.63, 3.8) is 0 Å². The molecule has 2 heterocycles. The quantitative estimate of drug-likeness (QED) is 0.323. The highest BCUT2D eigenvalue weighted by atomic mass is 19.4. The molecule has 0 bridgehead atoms. The number of rotatable bonds is 8. The highest BCUT2D eigenvalue weighted by molar-refractivity contribution is 6.08. The second-order valence-electron chi connectivity index (χ2n) is 10.1. The Labute approximate surface area is 243 Å². The zero-order chi connectivity index (χ0) is 31.7. The zero-order valence-corrected chi connectivity index (χ0v) is 23.4.